The van der Waals surface area contributed by atoms with Gasteiger partial charge in [-0.05, 0) is 19.3 Å². The van der Waals surface area contributed by atoms with Crippen LogP contribution in [-0.4, -0.2) is 57.2 Å². The van der Waals surface area contributed by atoms with E-state index in [1.807, 2.05) is 20.8 Å². The molecule has 1 fully saturated rings. The minimum Gasteiger partial charge on any atom is -0.480 e. The van der Waals surface area contributed by atoms with Crippen LogP contribution in [0.3, 0.4) is 0 Å². The lowest BCUT2D eigenvalue weighted by atomic mass is 10.1. The van der Waals surface area contributed by atoms with Gasteiger partial charge >= 0.3 is 12.0 Å². The normalized spacial score (nSPS) is 26.9. The highest BCUT2D eigenvalue weighted by Crippen LogP contribution is 2.35. The number of carboxylic acid groups (broad SMARTS) is 1. The van der Waals surface area contributed by atoms with Crippen LogP contribution >= 0.6 is 11.8 Å². The molecule has 0 radical (unpaired) electrons. The second-order valence-corrected chi connectivity index (χ2v) is 6.92. The van der Waals surface area contributed by atoms with Gasteiger partial charge in [0, 0.05) is 18.8 Å². The van der Waals surface area contributed by atoms with E-state index in [1.54, 1.807) is 21.6 Å². The van der Waals surface area contributed by atoms with Gasteiger partial charge < -0.3 is 10.0 Å². The number of rotatable bonds is 2. The number of carboxylic acids is 1. The molecule has 0 saturated carbocycles. The highest BCUT2D eigenvalue weighted by atomic mass is 32.2. The molecule has 2 atom stereocenters. The van der Waals surface area contributed by atoms with Gasteiger partial charge in [-0.25, -0.2) is 9.59 Å². The Kier molecular flexibility index (Phi) is 4.62. The first kappa shape index (κ1) is 15.2. The molecule has 2 amide bonds. The van der Waals surface area contributed by atoms with Crippen molar-refractivity contribution in [1.82, 2.24) is 9.80 Å². The Hall–Kier alpha value is -1.17. The molecule has 20 heavy (non-hydrogen) atoms. The molecule has 2 rings (SSSR count). The highest BCUT2D eigenvalue weighted by molar-refractivity contribution is 8.00. The molecule has 2 unspecified atom stereocenters. The fourth-order valence-corrected chi connectivity index (χ4v) is 4.18. The zero-order chi connectivity index (χ0) is 14.9. The summed E-state index contributed by atoms with van der Waals surface area (Å²) in [5, 5.41) is 9.30. The van der Waals surface area contributed by atoms with Crippen molar-refractivity contribution in [3.05, 3.63) is 11.6 Å². The zero-order valence-corrected chi connectivity index (χ0v) is 13.0. The van der Waals surface area contributed by atoms with Gasteiger partial charge in [0.15, 0.2) is 0 Å². The maximum atomic E-state index is 12.7. The van der Waals surface area contributed by atoms with Crippen LogP contribution in [0.15, 0.2) is 11.6 Å². The molecule has 1 saturated heterocycles. The summed E-state index contributed by atoms with van der Waals surface area (Å²) in [7, 11) is 0. The smallest absolute Gasteiger partial charge is 0.327 e. The standard InChI is InChI=1S/C14H22N2O3S/c1-9(2)12-16(11(8-20-12)13(17)18)14(19)15-6-4-5-10(3)7-15/h5,9,11-12H,4,6-8H2,1-3H3,(H,17,18). The molecule has 6 heteroatoms. The average molecular weight is 298 g/mol. The summed E-state index contributed by atoms with van der Waals surface area (Å²) in [4.78, 5) is 27.5. The predicted octanol–water partition coefficient (Wildman–Crippen LogP) is 2.24. The number of amides is 2. The molecule has 112 valence electrons. The Morgan fingerprint density at radius 3 is 2.70 bits per heavy atom. The Morgan fingerprint density at radius 2 is 2.15 bits per heavy atom. The first-order valence-electron chi connectivity index (χ1n) is 6.99. The van der Waals surface area contributed by atoms with E-state index >= 15 is 0 Å². The molecule has 0 spiro atoms. The van der Waals surface area contributed by atoms with Crippen molar-refractivity contribution in [1.29, 1.82) is 0 Å². The van der Waals surface area contributed by atoms with E-state index in [0.29, 0.717) is 18.8 Å². The van der Waals surface area contributed by atoms with Crippen LogP contribution in [0.4, 0.5) is 4.79 Å². The lowest BCUT2D eigenvalue weighted by Crippen LogP contribution is -2.53. The SMILES string of the molecule is CC1=CCCN(C(=O)N2C(C(=O)O)CSC2C(C)C)C1. The van der Waals surface area contributed by atoms with Gasteiger partial charge in [-0.1, -0.05) is 25.5 Å². The molecule has 1 N–H and O–H groups in total. The summed E-state index contributed by atoms with van der Waals surface area (Å²) < 4.78 is 0. The summed E-state index contributed by atoms with van der Waals surface area (Å²) in [6.45, 7) is 7.35. The van der Waals surface area contributed by atoms with Crippen LogP contribution in [0, 0.1) is 5.92 Å². The summed E-state index contributed by atoms with van der Waals surface area (Å²) in [5.74, 6) is -0.181. The summed E-state index contributed by atoms with van der Waals surface area (Å²) in [5.41, 5.74) is 1.17. The minimum absolute atomic E-state index is 0.0465. The molecule has 2 heterocycles. The van der Waals surface area contributed by atoms with Crippen LogP contribution in [-0.2, 0) is 4.79 Å². The molecule has 0 bridgehead atoms. The number of carbonyl (C=O) groups is 2. The van der Waals surface area contributed by atoms with E-state index in [0.717, 1.165) is 6.42 Å². The van der Waals surface area contributed by atoms with Gasteiger partial charge in [-0.15, -0.1) is 11.8 Å². The average Bonchev–Trinajstić information content (AvgIpc) is 2.82. The molecule has 5 nitrogen and oxygen atoms in total. The van der Waals surface area contributed by atoms with Gasteiger partial charge in [-0.2, -0.15) is 0 Å². The molecule has 0 aliphatic carbocycles. The third-order valence-electron chi connectivity index (χ3n) is 3.71. The monoisotopic (exact) mass is 298 g/mol. The topological polar surface area (TPSA) is 60.9 Å². The Balaban J connectivity index is 2.19. The van der Waals surface area contributed by atoms with Crippen molar-refractivity contribution < 1.29 is 14.7 Å². The van der Waals surface area contributed by atoms with Crippen molar-refractivity contribution >= 4 is 23.8 Å². The number of aliphatic carboxylic acids is 1. The van der Waals surface area contributed by atoms with Gasteiger partial charge in [-0.3, -0.25) is 4.90 Å². The Morgan fingerprint density at radius 1 is 1.45 bits per heavy atom. The van der Waals surface area contributed by atoms with Crippen molar-refractivity contribution in [3.63, 3.8) is 0 Å². The van der Waals surface area contributed by atoms with Crippen molar-refractivity contribution in [3.8, 4) is 0 Å². The fourth-order valence-electron chi connectivity index (χ4n) is 2.71. The molecule has 2 aliphatic rings. The number of urea groups is 1. The van der Waals surface area contributed by atoms with E-state index in [-0.39, 0.29) is 17.3 Å². The minimum atomic E-state index is -0.904. The zero-order valence-electron chi connectivity index (χ0n) is 12.2. The highest BCUT2D eigenvalue weighted by Gasteiger charge is 2.44. The van der Waals surface area contributed by atoms with E-state index in [1.165, 1.54) is 5.57 Å². The Labute approximate surface area is 124 Å². The van der Waals surface area contributed by atoms with E-state index < -0.39 is 12.0 Å². The molecular weight excluding hydrogens is 276 g/mol. The van der Waals surface area contributed by atoms with Crippen LogP contribution in [0.2, 0.25) is 0 Å². The van der Waals surface area contributed by atoms with Gasteiger partial charge in [0.05, 0.1) is 5.37 Å². The van der Waals surface area contributed by atoms with Gasteiger partial charge in [0.1, 0.15) is 6.04 Å². The molecule has 0 aromatic heterocycles. The largest absolute Gasteiger partial charge is 0.480 e. The van der Waals surface area contributed by atoms with Crippen molar-refractivity contribution in [2.45, 2.75) is 38.6 Å². The summed E-state index contributed by atoms with van der Waals surface area (Å²) in [6, 6.07) is -0.834. The third kappa shape index (κ3) is 2.95. The van der Waals surface area contributed by atoms with E-state index in [2.05, 4.69) is 6.08 Å². The predicted molar refractivity (Wildman–Crippen MR) is 79.7 cm³/mol. The molecular formula is C14H22N2O3S. The molecule has 0 aromatic rings. The van der Waals surface area contributed by atoms with Crippen LogP contribution in [0.5, 0.6) is 0 Å². The van der Waals surface area contributed by atoms with E-state index in [9.17, 15) is 14.7 Å². The van der Waals surface area contributed by atoms with Crippen LogP contribution in [0.1, 0.15) is 27.2 Å². The first-order chi connectivity index (χ1) is 9.41. The van der Waals surface area contributed by atoms with Crippen molar-refractivity contribution in [2.24, 2.45) is 5.92 Å². The van der Waals surface area contributed by atoms with Gasteiger partial charge in [0.25, 0.3) is 0 Å². The van der Waals surface area contributed by atoms with E-state index in [4.69, 9.17) is 0 Å². The number of hydrogen-bond acceptors (Lipinski definition) is 3. The summed E-state index contributed by atoms with van der Waals surface area (Å²) in [6.07, 6.45) is 2.99. The quantitative estimate of drug-likeness (QED) is 0.794. The maximum Gasteiger partial charge on any atom is 0.327 e. The maximum absolute atomic E-state index is 12.7. The Bertz CT molecular complexity index is 436. The second-order valence-electron chi connectivity index (χ2n) is 5.77. The number of carbonyl (C=O) groups excluding carboxylic acids is 1. The van der Waals surface area contributed by atoms with Gasteiger partial charge in [0.2, 0.25) is 0 Å². The summed E-state index contributed by atoms with van der Waals surface area (Å²) >= 11 is 1.57. The number of hydrogen-bond donors (Lipinski definition) is 1. The molecule has 0 aromatic carbocycles. The third-order valence-corrected chi connectivity index (χ3v) is 5.33. The molecule has 2 aliphatic heterocycles. The second kappa shape index (κ2) is 6.08. The van der Waals surface area contributed by atoms with Crippen molar-refractivity contribution in [2.75, 3.05) is 18.8 Å². The lowest BCUT2D eigenvalue weighted by molar-refractivity contribution is -0.141. The fraction of sp³-hybridized carbons (Fsp3) is 0.714. The number of nitrogens with zero attached hydrogens (tertiary/aromatic N) is 2. The van der Waals surface area contributed by atoms with Crippen LogP contribution in [0.25, 0.3) is 0 Å². The lowest BCUT2D eigenvalue weighted by Gasteiger charge is -2.36. The number of thioether (sulfide) groups is 1. The van der Waals surface area contributed by atoms with Crippen LogP contribution < -0.4 is 0 Å². The first-order valence-corrected chi connectivity index (χ1v) is 8.04.